The molecule has 1 heterocycles. The van der Waals surface area contributed by atoms with Gasteiger partial charge in [0, 0.05) is 25.5 Å². The minimum Gasteiger partial charge on any atom is -0.550 e. The van der Waals surface area contributed by atoms with Gasteiger partial charge in [-0.05, 0) is 24.0 Å². The van der Waals surface area contributed by atoms with Crippen molar-refractivity contribution in [3.8, 4) is 0 Å². The highest BCUT2D eigenvalue weighted by atomic mass is 16.4. The second kappa shape index (κ2) is 4.99. The summed E-state index contributed by atoms with van der Waals surface area (Å²) in [4.78, 5) is 23.8. The average Bonchev–Trinajstić information content (AvgIpc) is 2.35. The Morgan fingerprint density at radius 1 is 1.18 bits per heavy atom. The molecule has 0 aromatic heterocycles. The van der Waals surface area contributed by atoms with Crippen LogP contribution < -0.4 is 5.11 Å². The molecule has 4 heteroatoms. The van der Waals surface area contributed by atoms with Crippen LogP contribution in [-0.2, 0) is 22.6 Å². The van der Waals surface area contributed by atoms with Crippen molar-refractivity contribution in [2.24, 2.45) is 0 Å². The van der Waals surface area contributed by atoms with Crippen molar-refractivity contribution in [3.63, 3.8) is 0 Å². The van der Waals surface area contributed by atoms with E-state index in [0.717, 1.165) is 12.0 Å². The van der Waals surface area contributed by atoms with Gasteiger partial charge in [-0.3, -0.25) is 4.79 Å². The molecule has 0 radical (unpaired) electrons. The molecule has 0 spiro atoms. The molecule has 90 valence electrons. The van der Waals surface area contributed by atoms with Crippen molar-refractivity contribution in [2.45, 2.75) is 25.8 Å². The largest absolute Gasteiger partial charge is 0.550 e. The van der Waals surface area contributed by atoms with Gasteiger partial charge in [0.05, 0.1) is 0 Å². The number of aliphatic carboxylic acids is 1. The van der Waals surface area contributed by atoms with Gasteiger partial charge in [0.15, 0.2) is 0 Å². The molecule has 0 aliphatic carbocycles. The lowest BCUT2D eigenvalue weighted by molar-refractivity contribution is -0.305. The van der Waals surface area contributed by atoms with Crippen molar-refractivity contribution in [1.82, 2.24) is 4.90 Å². The first-order valence-corrected chi connectivity index (χ1v) is 5.71. The molecule has 0 fully saturated rings. The van der Waals surface area contributed by atoms with Crippen LogP contribution >= 0.6 is 0 Å². The zero-order valence-corrected chi connectivity index (χ0v) is 9.52. The first-order chi connectivity index (χ1) is 8.16. The van der Waals surface area contributed by atoms with E-state index in [2.05, 4.69) is 6.07 Å². The number of carbonyl (C=O) groups excluding carboxylic acids is 2. The van der Waals surface area contributed by atoms with Gasteiger partial charge in [-0.15, -0.1) is 0 Å². The second-order valence-corrected chi connectivity index (χ2v) is 4.21. The van der Waals surface area contributed by atoms with Crippen LogP contribution in [0.5, 0.6) is 0 Å². The van der Waals surface area contributed by atoms with Gasteiger partial charge in [-0.1, -0.05) is 24.3 Å². The molecule has 1 aliphatic heterocycles. The summed E-state index contributed by atoms with van der Waals surface area (Å²) in [7, 11) is 0. The van der Waals surface area contributed by atoms with Crippen LogP contribution in [0.15, 0.2) is 24.3 Å². The molecule has 1 aromatic carbocycles. The van der Waals surface area contributed by atoms with E-state index in [4.69, 9.17) is 0 Å². The minimum atomic E-state index is -1.17. The Hall–Kier alpha value is -1.84. The number of carbonyl (C=O) groups is 2. The highest BCUT2D eigenvalue weighted by molar-refractivity contribution is 5.80. The van der Waals surface area contributed by atoms with Gasteiger partial charge in [0.1, 0.15) is 0 Å². The van der Waals surface area contributed by atoms with Crippen LogP contribution in [0, 0.1) is 0 Å². The van der Waals surface area contributed by atoms with E-state index in [1.165, 1.54) is 5.56 Å². The van der Waals surface area contributed by atoms with Crippen molar-refractivity contribution >= 4 is 11.9 Å². The molecule has 0 N–H and O–H groups in total. The van der Waals surface area contributed by atoms with E-state index >= 15 is 0 Å². The van der Waals surface area contributed by atoms with Crippen LogP contribution in [0.1, 0.15) is 24.0 Å². The Bertz CT molecular complexity index is 442. The molecule has 17 heavy (non-hydrogen) atoms. The summed E-state index contributed by atoms with van der Waals surface area (Å²) >= 11 is 0. The van der Waals surface area contributed by atoms with Crippen LogP contribution in [0.25, 0.3) is 0 Å². The fourth-order valence-corrected chi connectivity index (χ4v) is 2.08. The molecule has 1 aliphatic rings. The number of fused-ring (bicyclic) bond motifs is 1. The number of hydrogen-bond acceptors (Lipinski definition) is 3. The van der Waals surface area contributed by atoms with E-state index < -0.39 is 5.97 Å². The summed E-state index contributed by atoms with van der Waals surface area (Å²) in [5.41, 5.74) is 2.43. The Morgan fingerprint density at radius 3 is 2.59 bits per heavy atom. The summed E-state index contributed by atoms with van der Waals surface area (Å²) in [5, 5.41) is 10.3. The molecule has 0 saturated heterocycles. The van der Waals surface area contributed by atoms with E-state index in [0.29, 0.717) is 13.1 Å². The summed E-state index contributed by atoms with van der Waals surface area (Å²) in [6.07, 6.45) is 0.675. The molecule has 1 aromatic rings. The third-order valence-electron chi connectivity index (χ3n) is 3.03. The molecule has 0 bridgehead atoms. The smallest absolute Gasteiger partial charge is 0.223 e. The summed E-state index contributed by atoms with van der Waals surface area (Å²) in [6.45, 7) is 1.25. The fraction of sp³-hybridized carbons (Fsp3) is 0.385. The molecule has 0 atom stereocenters. The lowest BCUT2D eigenvalue weighted by Crippen LogP contribution is -2.36. The van der Waals surface area contributed by atoms with Gasteiger partial charge in [0.25, 0.3) is 0 Å². The van der Waals surface area contributed by atoms with Gasteiger partial charge < -0.3 is 14.8 Å². The standard InChI is InChI=1S/C13H15NO3/c15-12(5-6-13(16)17)14-8-7-10-3-1-2-4-11(10)9-14/h1-4H,5-9H2,(H,16,17)/p-1. The lowest BCUT2D eigenvalue weighted by atomic mass is 9.99. The number of rotatable bonds is 3. The van der Waals surface area contributed by atoms with Crippen molar-refractivity contribution in [3.05, 3.63) is 35.4 Å². The van der Waals surface area contributed by atoms with Crippen molar-refractivity contribution in [2.75, 3.05) is 6.54 Å². The summed E-state index contributed by atoms with van der Waals surface area (Å²) < 4.78 is 0. The summed E-state index contributed by atoms with van der Waals surface area (Å²) in [6, 6.07) is 8.02. The first kappa shape index (κ1) is 11.6. The molecular weight excluding hydrogens is 218 g/mol. The Kier molecular flexibility index (Phi) is 3.42. The van der Waals surface area contributed by atoms with Crippen molar-refractivity contribution in [1.29, 1.82) is 0 Å². The molecule has 0 unspecified atom stereocenters. The lowest BCUT2D eigenvalue weighted by Gasteiger charge is -2.29. The number of carboxylic acid groups (broad SMARTS) is 1. The number of carboxylic acids is 1. The van der Waals surface area contributed by atoms with Crippen LogP contribution in [0.2, 0.25) is 0 Å². The van der Waals surface area contributed by atoms with E-state index in [1.807, 2.05) is 18.2 Å². The van der Waals surface area contributed by atoms with Gasteiger partial charge in [-0.25, -0.2) is 0 Å². The highest BCUT2D eigenvalue weighted by Crippen LogP contribution is 2.19. The average molecular weight is 232 g/mol. The second-order valence-electron chi connectivity index (χ2n) is 4.21. The number of hydrogen-bond donors (Lipinski definition) is 0. The molecular formula is C13H14NO3-. The maximum absolute atomic E-state index is 11.7. The topological polar surface area (TPSA) is 60.4 Å². The summed E-state index contributed by atoms with van der Waals surface area (Å²) in [5.74, 6) is -1.28. The van der Waals surface area contributed by atoms with Crippen LogP contribution in [0.3, 0.4) is 0 Å². The first-order valence-electron chi connectivity index (χ1n) is 5.71. The zero-order valence-electron chi connectivity index (χ0n) is 9.52. The Morgan fingerprint density at radius 2 is 1.88 bits per heavy atom. The predicted molar refractivity (Wildman–Crippen MR) is 59.8 cm³/mol. The zero-order chi connectivity index (χ0) is 12.3. The highest BCUT2D eigenvalue weighted by Gasteiger charge is 2.19. The number of benzene rings is 1. The number of nitrogens with zero attached hydrogens (tertiary/aromatic N) is 1. The minimum absolute atomic E-state index is 0.0322. The van der Waals surface area contributed by atoms with Gasteiger partial charge in [-0.2, -0.15) is 0 Å². The Balaban J connectivity index is 1.97. The van der Waals surface area contributed by atoms with E-state index in [1.54, 1.807) is 4.90 Å². The quantitative estimate of drug-likeness (QED) is 0.742. The van der Waals surface area contributed by atoms with Gasteiger partial charge in [0.2, 0.25) is 5.91 Å². The van der Waals surface area contributed by atoms with E-state index in [9.17, 15) is 14.7 Å². The Labute approximate surface area is 99.9 Å². The third-order valence-corrected chi connectivity index (χ3v) is 3.03. The predicted octanol–water partition coefficient (Wildman–Crippen LogP) is 0.101. The molecule has 1 amide bonds. The monoisotopic (exact) mass is 232 g/mol. The van der Waals surface area contributed by atoms with E-state index in [-0.39, 0.29) is 18.7 Å². The molecule has 4 nitrogen and oxygen atoms in total. The maximum Gasteiger partial charge on any atom is 0.223 e. The molecule has 0 saturated carbocycles. The normalized spacial score (nSPS) is 14.2. The maximum atomic E-state index is 11.7. The van der Waals surface area contributed by atoms with Crippen LogP contribution in [-0.4, -0.2) is 23.3 Å². The van der Waals surface area contributed by atoms with Gasteiger partial charge >= 0.3 is 0 Å². The third kappa shape index (κ3) is 2.84. The fourth-order valence-electron chi connectivity index (χ4n) is 2.08. The number of amides is 1. The van der Waals surface area contributed by atoms with Crippen LogP contribution in [0.4, 0.5) is 0 Å². The SMILES string of the molecule is O=C([O-])CCC(=O)N1CCc2ccccc2C1. The molecule has 2 rings (SSSR count). The van der Waals surface area contributed by atoms with Crippen molar-refractivity contribution < 1.29 is 14.7 Å².